The van der Waals surface area contributed by atoms with E-state index >= 15 is 0 Å². The molecule has 1 rings (SSSR count). The zero-order valence-corrected chi connectivity index (χ0v) is 12.1. The molecule has 0 fully saturated rings. The molecule has 0 aliphatic carbocycles. The van der Waals surface area contributed by atoms with Gasteiger partial charge in [-0.25, -0.2) is 8.42 Å². The van der Waals surface area contributed by atoms with Gasteiger partial charge in [0.05, 0.1) is 27.1 Å². The number of hydrogen-bond donors (Lipinski definition) is 0. The summed E-state index contributed by atoms with van der Waals surface area (Å²) in [6.45, 7) is 0. The standard InChI is InChI=1S/C10H2F12O3S/c11-7(12,13)2-1-3(8(14,15)16)5(10(20,21)22)6(26(23,24)25)4(2)9(17,18)19/h1H,(H,23,24,25)/p-1. The summed E-state index contributed by atoms with van der Waals surface area (Å²) < 4.78 is 186. The van der Waals surface area contributed by atoms with Crippen LogP contribution in [0.15, 0.2) is 11.0 Å². The summed E-state index contributed by atoms with van der Waals surface area (Å²) in [4.78, 5) is -3.69. The lowest BCUT2D eigenvalue weighted by Crippen LogP contribution is -2.28. The van der Waals surface area contributed by atoms with Crippen LogP contribution in [0.1, 0.15) is 22.3 Å². The van der Waals surface area contributed by atoms with E-state index in [0.717, 1.165) is 0 Å². The van der Waals surface area contributed by atoms with Crippen LogP contribution in [0, 0.1) is 0 Å². The molecule has 16 heteroatoms. The molecule has 0 N–H and O–H groups in total. The average molecular weight is 429 g/mol. The third-order valence-corrected chi connectivity index (χ3v) is 3.62. The fourth-order valence-electron chi connectivity index (χ4n) is 1.92. The summed E-state index contributed by atoms with van der Waals surface area (Å²) in [6.07, 6.45) is -25.8. The van der Waals surface area contributed by atoms with Crippen molar-refractivity contribution in [3.05, 3.63) is 28.3 Å². The normalized spacial score (nSPS) is 14.7. The Balaban J connectivity index is 4.49. The van der Waals surface area contributed by atoms with E-state index in [1.165, 1.54) is 0 Å². The average Bonchev–Trinajstić information content (AvgIpc) is 2.30. The molecule has 3 nitrogen and oxygen atoms in total. The third-order valence-electron chi connectivity index (χ3n) is 2.71. The fourth-order valence-corrected chi connectivity index (χ4v) is 2.87. The van der Waals surface area contributed by atoms with E-state index in [-0.39, 0.29) is 0 Å². The molecule has 0 radical (unpaired) electrons. The zero-order chi connectivity index (χ0) is 21.1. The van der Waals surface area contributed by atoms with E-state index < -0.39 is 68.0 Å². The van der Waals surface area contributed by atoms with Gasteiger partial charge >= 0.3 is 24.7 Å². The van der Waals surface area contributed by atoms with Crippen LogP contribution in [0.2, 0.25) is 0 Å². The lowest BCUT2D eigenvalue weighted by molar-refractivity contribution is -0.174. The SMILES string of the molecule is O=S(=O)([O-])c1c(C(F)(F)F)c(C(F)(F)F)cc(C(F)(F)F)c1C(F)(F)F. The van der Waals surface area contributed by atoms with Crippen molar-refractivity contribution < 1.29 is 65.7 Å². The summed E-state index contributed by atoms with van der Waals surface area (Å²) in [5, 5.41) is 0. The first-order valence-corrected chi connectivity index (χ1v) is 6.96. The molecule has 26 heavy (non-hydrogen) atoms. The first-order chi connectivity index (χ1) is 11.1. The second-order valence-electron chi connectivity index (χ2n) is 4.50. The number of halogens is 12. The first-order valence-electron chi connectivity index (χ1n) is 5.55. The van der Waals surface area contributed by atoms with Gasteiger partial charge < -0.3 is 4.55 Å². The molecule has 1 aromatic carbocycles. The van der Waals surface area contributed by atoms with Gasteiger partial charge in [-0.3, -0.25) is 0 Å². The second kappa shape index (κ2) is 5.90. The van der Waals surface area contributed by atoms with Gasteiger partial charge in [0.25, 0.3) is 0 Å². The minimum Gasteiger partial charge on any atom is -0.744 e. The van der Waals surface area contributed by atoms with Crippen LogP contribution in [0.3, 0.4) is 0 Å². The molecule has 0 heterocycles. The van der Waals surface area contributed by atoms with E-state index in [1.807, 2.05) is 0 Å². The molecule has 0 aliphatic heterocycles. The van der Waals surface area contributed by atoms with Crippen molar-refractivity contribution >= 4 is 10.1 Å². The molecule has 0 saturated carbocycles. The maximum Gasteiger partial charge on any atom is 0.418 e. The second-order valence-corrected chi connectivity index (χ2v) is 5.81. The molecule has 0 amide bonds. The maximum absolute atomic E-state index is 12.8. The Morgan fingerprint density at radius 2 is 0.885 bits per heavy atom. The van der Waals surface area contributed by atoms with E-state index in [4.69, 9.17) is 0 Å². The van der Waals surface area contributed by atoms with Crippen molar-refractivity contribution in [1.82, 2.24) is 0 Å². The lowest BCUT2D eigenvalue weighted by Gasteiger charge is -2.27. The Morgan fingerprint density at radius 3 is 1.04 bits per heavy atom. The minimum atomic E-state index is -7.09. The summed E-state index contributed by atoms with van der Waals surface area (Å²) >= 11 is 0. The highest BCUT2D eigenvalue weighted by Gasteiger charge is 2.54. The number of alkyl halides is 12. The Kier molecular flexibility index (Phi) is 5.07. The zero-order valence-electron chi connectivity index (χ0n) is 11.2. The summed E-state index contributed by atoms with van der Waals surface area (Å²) in [7, 11) is -7.09. The predicted octanol–water partition coefficient (Wildman–Crippen LogP) is 4.67. The largest absolute Gasteiger partial charge is 0.744 e. The van der Waals surface area contributed by atoms with Gasteiger partial charge in [0.15, 0.2) is 0 Å². The quantitative estimate of drug-likeness (QED) is 0.482. The van der Waals surface area contributed by atoms with E-state index in [9.17, 15) is 65.7 Å². The van der Waals surface area contributed by atoms with Crippen LogP contribution >= 0.6 is 0 Å². The molecule has 1 aromatic rings. The van der Waals surface area contributed by atoms with Crippen LogP contribution in [-0.4, -0.2) is 13.0 Å². The Labute approximate surface area is 135 Å². The highest BCUT2D eigenvalue weighted by molar-refractivity contribution is 7.85. The van der Waals surface area contributed by atoms with Crippen molar-refractivity contribution in [2.75, 3.05) is 0 Å². The molecule has 0 aliphatic rings. The van der Waals surface area contributed by atoms with Gasteiger partial charge in [-0.2, -0.15) is 52.7 Å². The van der Waals surface area contributed by atoms with E-state index in [0.29, 0.717) is 0 Å². The summed E-state index contributed by atoms with van der Waals surface area (Å²) in [6, 6.07) is -1.54. The van der Waals surface area contributed by atoms with Crippen LogP contribution in [0.4, 0.5) is 52.7 Å². The van der Waals surface area contributed by atoms with Gasteiger partial charge in [-0.15, -0.1) is 0 Å². The fraction of sp³-hybridized carbons (Fsp3) is 0.400. The monoisotopic (exact) mass is 429 g/mol. The highest BCUT2D eigenvalue weighted by Crippen LogP contribution is 2.51. The summed E-state index contributed by atoms with van der Waals surface area (Å²) in [5.41, 5.74) is -14.2. The molecule has 0 saturated heterocycles. The number of rotatable bonds is 1. The van der Waals surface area contributed by atoms with Gasteiger partial charge in [-0.05, 0) is 6.07 Å². The number of hydrogen-bond acceptors (Lipinski definition) is 3. The van der Waals surface area contributed by atoms with Gasteiger partial charge in [0.2, 0.25) is 0 Å². The van der Waals surface area contributed by atoms with Crippen LogP contribution in [0.5, 0.6) is 0 Å². The first kappa shape index (κ1) is 22.3. The maximum atomic E-state index is 12.8. The molecule has 150 valence electrons. The van der Waals surface area contributed by atoms with Crippen molar-refractivity contribution in [2.45, 2.75) is 29.6 Å². The molecule has 0 bridgehead atoms. The highest BCUT2D eigenvalue weighted by atomic mass is 32.2. The van der Waals surface area contributed by atoms with Crippen LogP contribution < -0.4 is 0 Å². The smallest absolute Gasteiger partial charge is 0.418 e. The molecular weight excluding hydrogens is 428 g/mol. The number of benzene rings is 1. The van der Waals surface area contributed by atoms with Gasteiger partial charge in [-0.1, -0.05) is 0 Å². The van der Waals surface area contributed by atoms with Crippen molar-refractivity contribution in [3.63, 3.8) is 0 Å². The molecule has 0 atom stereocenters. The van der Waals surface area contributed by atoms with E-state index in [1.54, 1.807) is 0 Å². The molecule has 0 spiro atoms. The molecule has 0 unspecified atom stereocenters. The topological polar surface area (TPSA) is 57.2 Å². The van der Waals surface area contributed by atoms with Crippen LogP contribution in [-0.2, 0) is 34.8 Å². The summed E-state index contributed by atoms with van der Waals surface area (Å²) in [5.74, 6) is 0. The Hall–Kier alpha value is -1.71. The minimum absolute atomic E-state index is 1.54. The van der Waals surface area contributed by atoms with Crippen molar-refractivity contribution in [2.24, 2.45) is 0 Å². The predicted molar refractivity (Wildman–Crippen MR) is 54.4 cm³/mol. The van der Waals surface area contributed by atoms with E-state index in [2.05, 4.69) is 0 Å². The van der Waals surface area contributed by atoms with Crippen LogP contribution in [0.25, 0.3) is 0 Å². The van der Waals surface area contributed by atoms with Gasteiger partial charge in [0.1, 0.15) is 10.1 Å². The molecular formula is C10HF12O3S-. The van der Waals surface area contributed by atoms with Gasteiger partial charge in [0, 0.05) is 0 Å². The molecule has 0 aromatic heterocycles. The van der Waals surface area contributed by atoms with Crippen molar-refractivity contribution in [1.29, 1.82) is 0 Å². The van der Waals surface area contributed by atoms with Crippen molar-refractivity contribution in [3.8, 4) is 0 Å². The Bertz CT molecular complexity index is 760. The Morgan fingerprint density at radius 1 is 0.615 bits per heavy atom. The lowest BCUT2D eigenvalue weighted by atomic mass is 9.96. The third kappa shape index (κ3) is 4.33.